The molecule has 2 heterocycles. The van der Waals surface area contributed by atoms with E-state index in [1.54, 1.807) is 6.07 Å². The first-order chi connectivity index (χ1) is 11.2. The Balaban J connectivity index is 1.92. The van der Waals surface area contributed by atoms with E-state index < -0.39 is 0 Å². The predicted molar refractivity (Wildman–Crippen MR) is 87.5 cm³/mol. The Morgan fingerprint density at radius 1 is 1.13 bits per heavy atom. The van der Waals surface area contributed by atoms with Gasteiger partial charge in [-0.25, -0.2) is 14.4 Å². The van der Waals surface area contributed by atoms with Crippen LogP contribution in [0.4, 0.5) is 10.2 Å². The van der Waals surface area contributed by atoms with E-state index >= 15 is 0 Å². The second-order valence-electron chi connectivity index (χ2n) is 5.13. The zero-order chi connectivity index (χ0) is 16.2. The van der Waals surface area contributed by atoms with Crippen molar-refractivity contribution in [3.05, 3.63) is 54.1 Å². The molecule has 0 saturated carbocycles. The van der Waals surface area contributed by atoms with Crippen molar-refractivity contribution in [1.29, 1.82) is 0 Å². The number of aromatic amines is 1. The minimum Gasteiger partial charge on any atom is -0.395 e. The number of nitrogens with zero attached hydrogens (tertiary/aromatic N) is 2. The van der Waals surface area contributed by atoms with Crippen molar-refractivity contribution < 1.29 is 9.50 Å². The Kier molecular flexibility index (Phi) is 4.34. The van der Waals surface area contributed by atoms with Crippen molar-refractivity contribution in [3.8, 4) is 22.6 Å². The van der Waals surface area contributed by atoms with Gasteiger partial charge in [-0.15, -0.1) is 0 Å². The number of hydrogen-bond acceptors (Lipinski definition) is 4. The zero-order valence-corrected chi connectivity index (χ0v) is 12.7. The Morgan fingerprint density at radius 2 is 1.96 bits per heavy atom. The Labute approximate surface area is 133 Å². The van der Waals surface area contributed by atoms with Gasteiger partial charge >= 0.3 is 0 Å². The number of aryl methyl sites for hydroxylation is 1. The lowest BCUT2D eigenvalue weighted by atomic mass is 10.1. The highest BCUT2D eigenvalue weighted by atomic mass is 19.1. The molecule has 0 aliphatic rings. The monoisotopic (exact) mass is 312 g/mol. The van der Waals surface area contributed by atoms with Crippen LogP contribution < -0.4 is 5.32 Å². The second-order valence-corrected chi connectivity index (χ2v) is 5.13. The molecule has 0 bridgehead atoms. The molecule has 3 rings (SSSR count). The van der Waals surface area contributed by atoms with Crippen LogP contribution in [0, 0.1) is 12.7 Å². The third kappa shape index (κ3) is 3.54. The third-order valence-electron chi connectivity index (χ3n) is 3.35. The number of aliphatic hydroxyl groups is 1. The predicted octanol–water partition coefficient (Wildman–Crippen LogP) is 2.99. The molecule has 23 heavy (non-hydrogen) atoms. The van der Waals surface area contributed by atoms with Crippen LogP contribution in [0.15, 0.2) is 42.5 Å². The van der Waals surface area contributed by atoms with Crippen LogP contribution in [-0.4, -0.2) is 33.2 Å². The summed E-state index contributed by atoms with van der Waals surface area (Å²) < 4.78 is 13.3. The largest absolute Gasteiger partial charge is 0.395 e. The Morgan fingerprint density at radius 3 is 2.74 bits per heavy atom. The van der Waals surface area contributed by atoms with E-state index in [-0.39, 0.29) is 12.4 Å². The molecule has 6 heteroatoms. The van der Waals surface area contributed by atoms with Gasteiger partial charge in [-0.05, 0) is 31.2 Å². The average molecular weight is 312 g/mol. The summed E-state index contributed by atoms with van der Waals surface area (Å²) in [6, 6.07) is 12.0. The van der Waals surface area contributed by atoms with Crippen LogP contribution in [-0.2, 0) is 0 Å². The molecule has 3 N–H and O–H groups in total. The fraction of sp³-hybridized carbons (Fsp3) is 0.176. The molecule has 5 nitrogen and oxygen atoms in total. The number of hydrogen-bond donors (Lipinski definition) is 3. The van der Waals surface area contributed by atoms with Gasteiger partial charge in [0.15, 0.2) is 0 Å². The van der Waals surface area contributed by atoms with Crippen LogP contribution in [0.1, 0.15) is 5.82 Å². The molecule has 2 aromatic heterocycles. The molecule has 0 aliphatic heterocycles. The molecular formula is C17H17FN4O. The standard InChI is InChI=1S/C17H17FN4O/c1-11-20-16(10-17(21-11)19-7-8-23)15-6-5-14(22-15)12-3-2-4-13(18)9-12/h2-6,9-10,22-23H,7-8H2,1H3,(H,19,20,21). The van der Waals surface area contributed by atoms with Gasteiger partial charge in [0.25, 0.3) is 0 Å². The highest BCUT2D eigenvalue weighted by molar-refractivity contribution is 5.67. The molecule has 0 spiro atoms. The first kappa shape index (κ1) is 15.2. The van der Waals surface area contributed by atoms with Gasteiger partial charge in [-0.3, -0.25) is 0 Å². The number of aliphatic hydroxyl groups excluding tert-OH is 1. The maximum absolute atomic E-state index is 13.3. The van der Waals surface area contributed by atoms with E-state index in [0.29, 0.717) is 18.2 Å². The Bertz CT molecular complexity index is 816. The van der Waals surface area contributed by atoms with Crippen molar-refractivity contribution in [3.63, 3.8) is 0 Å². The number of H-pyrrole nitrogens is 1. The molecule has 0 radical (unpaired) electrons. The van der Waals surface area contributed by atoms with Gasteiger partial charge in [0.05, 0.1) is 18.0 Å². The molecule has 0 aliphatic carbocycles. The number of aromatic nitrogens is 3. The molecule has 0 unspecified atom stereocenters. The van der Waals surface area contributed by atoms with Crippen molar-refractivity contribution in [1.82, 2.24) is 15.0 Å². The van der Waals surface area contributed by atoms with Crippen molar-refractivity contribution >= 4 is 5.82 Å². The van der Waals surface area contributed by atoms with Gasteiger partial charge in [0.2, 0.25) is 0 Å². The number of nitrogens with one attached hydrogen (secondary N) is 2. The van der Waals surface area contributed by atoms with E-state index in [0.717, 1.165) is 22.6 Å². The van der Waals surface area contributed by atoms with Crippen molar-refractivity contribution in [2.75, 3.05) is 18.5 Å². The summed E-state index contributed by atoms with van der Waals surface area (Å²) in [7, 11) is 0. The average Bonchev–Trinajstić information content (AvgIpc) is 3.02. The molecule has 0 saturated heterocycles. The number of anilines is 1. The fourth-order valence-electron chi connectivity index (χ4n) is 2.35. The van der Waals surface area contributed by atoms with E-state index in [4.69, 9.17) is 5.11 Å². The van der Waals surface area contributed by atoms with Crippen LogP contribution in [0.3, 0.4) is 0 Å². The maximum atomic E-state index is 13.3. The van der Waals surface area contributed by atoms with Crippen LogP contribution in [0.25, 0.3) is 22.6 Å². The number of benzene rings is 1. The SMILES string of the molecule is Cc1nc(NCCO)cc(-c2ccc(-c3cccc(F)c3)[nH]2)n1. The maximum Gasteiger partial charge on any atom is 0.130 e. The summed E-state index contributed by atoms with van der Waals surface area (Å²) in [4.78, 5) is 11.9. The van der Waals surface area contributed by atoms with Crippen molar-refractivity contribution in [2.24, 2.45) is 0 Å². The van der Waals surface area contributed by atoms with E-state index in [1.807, 2.05) is 31.2 Å². The topological polar surface area (TPSA) is 73.8 Å². The minimum atomic E-state index is -0.271. The highest BCUT2D eigenvalue weighted by Crippen LogP contribution is 2.25. The lowest BCUT2D eigenvalue weighted by molar-refractivity contribution is 0.311. The molecule has 0 amide bonds. The molecule has 0 fully saturated rings. The van der Waals surface area contributed by atoms with Gasteiger partial charge < -0.3 is 15.4 Å². The number of rotatable bonds is 5. The molecule has 1 aromatic carbocycles. The van der Waals surface area contributed by atoms with Crippen LogP contribution in [0.5, 0.6) is 0 Å². The normalized spacial score (nSPS) is 10.7. The minimum absolute atomic E-state index is 0.0323. The van der Waals surface area contributed by atoms with Gasteiger partial charge in [0, 0.05) is 23.9 Å². The fourth-order valence-corrected chi connectivity index (χ4v) is 2.35. The van der Waals surface area contributed by atoms with Gasteiger partial charge in [-0.1, -0.05) is 12.1 Å². The molecule has 0 atom stereocenters. The summed E-state index contributed by atoms with van der Waals surface area (Å²) in [6.07, 6.45) is 0. The highest BCUT2D eigenvalue weighted by Gasteiger charge is 2.08. The Hall–Kier alpha value is -2.73. The smallest absolute Gasteiger partial charge is 0.130 e. The summed E-state index contributed by atoms with van der Waals surface area (Å²) in [5, 5.41) is 11.9. The second kappa shape index (κ2) is 6.58. The van der Waals surface area contributed by atoms with Gasteiger partial charge in [-0.2, -0.15) is 0 Å². The molecular weight excluding hydrogens is 295 g/mol. The molecule has 118 valence electrons. The molecule has 3 aromatic rings. The lowest BCUT2D eigenvalue weighted by Crippen LogP contribution is -2.08. The van der Waals surface area contributed by atoms with E-state index in [2.05, 4.69) is 20.3 Å². The number of halogens is 1. The summed E-state index contributed by atoms with van der Waals surface area (Å²) in [5.41, 5.74) is 3.16. The third-order valence-corrected chi connectivity index (χ3v) is 3.35. The van der Waals surface area contributed by atoms with Crippen LogP contribution in [0.2, 0.25) is 0 Å². The summed E-state index contributed by atoms with van der Waals surface area (Å²) >= 11 is 0. The van der Waals surface area contributed by atoms with Crippen molar-refractivity contribution in [2.45, 2.75) is 6.92 Å². The lowest BCUT2D eigenvalue weighted by Gasteiger charge is -2.06. The quantitative estimate of drug-likeness (QED) is 0.677. The van der Waals surface area contributed by atoms with E-state index in [1.165, 1.54) is 12.1 Å². The van der Waals surface area contributed by atoms with Crippen LogP contribution >= 0.6 is 0 Å². The first-order valence-electron chi connectivity index (χ1n) is 7.31. The van der Waals surface area contributed by atoms with E-state index in [9.17, 15) is 4.39 Å². The first-order valence-corrected chi connectivity index (χ1v) is 7.31. The summed E-state index contributed by atoms with van der Waals surface area (Å²) in [5.74, 6) is 1.01. The zero-order valence-electron chi connectivity index (χ0n) is 12.7. The summed E-state index contributed by atoms with van der Waals surface area (Å²) in [6.45, 7) is 2.27. The van der Waals surface area contributed by atoms with Gasteiger partial charge in [0.1, 0.15) is 17.5 Å².